The Kier molecular flexibility index (Phi) is 3.74. The maximum atomic E-state index is 12.0. The third-order valence-corrected chi connectivity index (χ3v) is 4.09. The van der Waals surface area contributed by atoms with Crippen LogP contribution in [0, 0.1) is 5.92 Å². The number of hydrogen-bond acceptors (Lipinski definition) is 2. The first-order valence-electron chi connectivity index (χ1n) is 7.32. The lowest BCUT2D eigenvalue weighted by atomic mass is 10.1. The number of H-pyrrole nitrogens is 1. The SMILES string of the molecule is NCC(NC(=O)CCc1c[nH]c2ccccc12)C1CC1. The molecule has 0 radical (unpaired) electrons. The van der Waals surface area contributed by atoms with Crippen molar-refractivity contribution in [3.8, 4) is 0 Å². The van der Waals surface area contributed by atoms with E-state index in [1.165, 1.54) is 23.8 Å². The molecule has 4 N–H and O–H groups in total. The van der Waals surface area contributed by atoms with Crippen LogP contribution >= 0.6 is 0 Å². The Bertz CT molecular complexity index is 601. The molecule has 0 spiro atoms. The van der Waals surface area contributed by atoms with Crippen LogP contribution in [0.1, 0.15) is 24.8 Å². The minimum Gasteiger partial charge on any atom is -0.361 e. The maximum absolute atomic E-state index is 12.0. The number of aryl methyl sites for hydroxylation is 1. The van der Waals surface area contributed by atoms with Gasteiger partial charge in [0.1, 0.15) is 0 Å². The minimum atomic E-state index is 0.109. The summed E-state index contributed by atoms with van der Waals surface area (Å²) < 4.78 is 0. The maximum Gasteiger partial charge on any atom is 0.220 e. The number of aromatic amines is 1. The molecule has 4 heteroatoms. The molecule has 1 saturated carbocycles. The van der Waals surface area contributed by atoms with Crippen molar-refractivity contribution in [3.05, 3.63) is 36.0 Å². The van der Waals surface area contributed by atoms with Crippen LogP contribution < -0.4 is 11.1 Å². The molecule has 1 fully saturated rings. The van der Waals surface area contributed by atoms with Crippen LogP contribution in [0.3, 0.4) is 0 Å². The molecular formula is C16H21N3O. The lowest BCUT2D eigenvalue weighted by Gasteiger charge is -2.15. The monoisotopic (exact) mass is 271 g/mol. The highest BCUT2D eigenvalue weighted by atomic mass is 16.1. The number of carbonyl (C=O) groups is 1. The van der Waals surface area contributed by atoms with Crippen molar-refractivity contribution in [2.45, 2.75) is 31.7 Å². The summed E-state index contributed by atoms with van der Waals surface area (Å²) >= 11 is 0. The van der Waals surface area contributed by atoms with Gasteiger partial charge in [-0.15, -0.1) is 0 Å². The zero-order chi connectivity index (χ0) is 13.9. The van der Waals surface area contributed by atoms with E-state index in [1.807, 2.05) is 18.3 Å². The Balaban J connectivity index is 1.57. The van der Waals surface area contributed by atoms with Gasteiger partial charge in [-0.05, 0) is 36.8 Å². The summed E-state index contributed by atoms with van der Waals surface area (Å²) in [4.78, 5) is 15.2. The summed E-state index contributed by atoms with van der Waals surface area (Å²) in [6.07, 6.45) is 5.68. The fraction of sp³-hybridized carbons (Fsp3) is 0.438. The van der Waals surface area contributed by atoms with Crippen LogP contribution in [0.15, 0.2) is 30.5 Å². The largest absolute Gasteiger partial charge is 0.361 e. The highest BCUT2D eigenvalue weighted by molar-refractivity contribution is 5.84. The average Bonchev–Trinajstić information content (AvgIpc) is 3.23. The molecule has 1 heterocycles. The molecule has 1 amide bonds. The van der Waals surface area contributed by atoms with Crippen LogP contribution in [0.25, 0.3) is 10.9 Å². The van der Waals surface area contributed by atoms with Gasteiger partial charge in [0.2, 0.25) is 5.91 Å². The Morgan fingerprint density at radius 3 is 2.95 bits per heavy atom. The number of benzene rings is 1. The Morgan fingerprint density at radius 1 is 1.40 bits per heavy atom. The summed E-state index contributed by atoms with van der Waals surface area (Å²) in [5, 5.41) is 4.27. The van der Waals surface area contributed by atoms with Crippen LogP contribution in [-0.4, -0.2) is 23.5 Å². The smallest absolute Gasteiger partial charge is 0.220 e. The third kappa shape index (κ3) is 2.85. The van der Waals surface area contributed by atoms with Crippen molar-refractivity contribution in [3.63, 3.8) is 0 Å². The summed E-state index contributed by atoms with van der Waals surface area (Å²) in [6.45, 7) is 0.545. The van der Waals surface area contributed by atoms with Gasteiger partial charge in [-0.2, -0.15) is 0 Å². The fourth-order valence-electron chi connectivity index (χ4n) is 2.73. The zero-order valence-corrected chi connectivity index (χ0v) is 11.6. The molecule has 1 unspecified atom stereocenters. The highest BCUT2D eigenvalue weighted by Gasteiger charge is 2.31. The van der Waals surface area contributed by atoms with E-state index in [9.17, 15) is 4.79 Å². The number of rotatable bonds is 6. The van der Waals surface area contributed by atoms with Crippen LogP contribution in [0.5, 0.6) is 0 Å². The highest BCUT2D eigenvalue weighted by Crippen LogP contribution is 2.32. The van der Waals surface area contributed by atoms with Crippen molar-refractivity contribution in [2.75, 3.05) is 6.54 Å². The van der Waals surface area contributed by atoms with Crippen LogP contribution in [0.2, 0.25) is 0 Å². The first kappa shape index (κ1) is 13.2. The Hall–Kier alpha value is -1.81. The van der Waals surface area contributed by atoms with E-state index in [1.54, 1.807) is 0 Å². The molecule has 1 atom stereocenters. The van der Waals surface area contributed by atoms with Gasteiger partial charge in [0, 0.05) is 36.1 Å². The number of aromatic nitrogens is 1. The number of carbonyl (C=O) groups excluding carboxylic acids is 1. The molecule has 0 bridgehead atoms. The van der Waals surface area contributed by atoms with Gasteiger partial charge >= 0.3 is 0 Å². The molecular weight excluding hydrogens is 250 g/mol. The van der Waals surface area contributed by atoms with Gasteiger partial charge in [0.05, 0.1) is 0 Å². The van der Waals surface area contributed by atoms with Crippen LogP contribution in [0.4, 0.5) is 0 Å². The summed E-state index contributed by atoms with van der Waals surface area (Å²) in [7, 11) is 0. The van der Waals surface area contributed by atoms with Gasteiger partial charge in [-0.1, -0.05) is 18.2 Å². The zero-order valence-electron chi connectivity index (χ0n) is 11.6. The van der Waals surface area contributed by atoms with Gasteiger partial charge in [-0.3, -0.25) is 4.79 Å². The first-order valence-corrected chi connectivity index (χ1v) is 7.32. The molecule has 106 valence electrons. The predicted octanol–water partition coefficient (Wildman–Crippen LogP) is 1.95. The Morgan fingerprint density at radius 2 is 2.20 bits per heavy atom. The van der Waals surface area contributed by atoms with E-state index in [-0.39, 0.29) is 11.9 Å². The molecule has 1 aliphatic rings. The second-order valence-electron chi connectivity index (χ2n) is 5.61. The molecule has 1 aromatic carbocycles. The number of nitrogens with one attached hydrogen (secondary N) is 2. The Labute approximate surface area is 118 Å². The molecule has 0 aliphatic heterocycles. The summed E-state index contributed by atoms with van der Waals surface area (Å²) in [5.74, 6) is 0.717. The fourth-order valence-corrected chi connectivity index (χ4v) is 2.73. The molecule has 1 aliphatic carbocycles. The van der Waals surface area contributed by atoms with Crippen molar-refractivity contribution in [2.24, 2.45) is 11.7 Å². The molecule has 3 rings (SSSR count). The second kappa shape index (κ2) is 5.67. The van der Waals surface area contributed by atoms with Crippen molar-refractivity contribution < 1.29 is 4.79 Å². The quantitative estimate of drug-likeness (QED) is 0.751. The number of nitrogens with two attached hydrogens (primary N) is 1. The number of hydrogen-bond donors (Lipinski definition) is 3. The van der Waals surface area contributed by atoms with Crippen molar-refractivity contribution >= 4 is 16.8 Å². The third-order valence-electron chi connectivity index (χ3n) is 4.09. The average molecular weight is 271 g/mol. The standard InChI is InChI=1S/C16H21N3O/c17-9-15(11-5-6-11)19-16(20)8-7-12-10-18-14-4-2-1-3-13(12)14/h1-4,10-11,15,18H,5-9,17H2,(H,19,20). The van der Waals surface area contributed by atoms with Crippen LogP contribution in [-0.2, 0) is 11.2 Å². The topological polar surface area (TPSA) is 70.9 Å². The van der Waals surface area contributed by atoms with E-state index < -0.39 is 0 Å². The van der Waals surface area contributed by atoms with Gasteiger partial charge in [0.15, 0.2) is 0 Å². The van der Waals surface area contributed by atoms with Crippen molar-refractivity contribution in [1.82, 2.24) is 10.3 Å². The molecule has 0 saturated heterocycles. The molecule has 1 aromatic heterocycles. The van der Waals surface area contributed by atoms with E-state index in [2.05, 4.69) is 22.4 Å². The van der Waals surface area contributed by atoms with Gasteiger partial charge in [-0.25, -0.2) is 0 Å². The number of amides is 1. The predicted molar refractivity (Wildman–Crippen MR) is 80.3 cm³/mol. The van der Waals surface area contributed by atoms with E-state index in [4.69, 9.17) is 5.73 Å². The van der Waals surface area contributed by atoms with Crippen molar-refractivity contribution in [1.29, 1.82) is 0 Å². The minimum absolute atomic E-state index is 0.109. The normalized spacial score (nSPS) is 16.2. The number of fused-ring (bicyclic) bond motifs is 1. The van der Waals surface area contributed by atoms with E-state index >= 15 is 0 Å². The second-order valence-corrected chi connectivity index (χ2v) is 5.61. The summed E-state index contributed by atoms with van der Waals surface area (Å²) in [6, 6.07) is 8.35. The summed E-state index contributed by atoms with van der Waals surface area (Å²) in [5.41, 5.74) is 8.03. The van der Waals surface area contributed by atoms with Gasteiger partial charge < -0.3 is 16.0 Å². The lowest BCUT2D eigenvalue weighted by Crippen LogP contribution is -2.41. The number of para-hydroxylation sites is 1. The molecule has 20 heavy (non-hydrogen) atoms. The van der Waals surface area contributed by atoms with Gasteiger partial charge in [0.25, 0.3) is 0 Å². The molecule has 2 aromatic rings. The molecule has 4 nitrogen and oxygen atoms in total. The first-order chi connectivity index (χ1) is 9.78. The van der Waals surface area contributed by atoms with E-state index in [0.29, 0.717) is 18.9 Å². The van der Waals surface area contributed by atoms with E-state index in [0.717, 1.165) is 11.9 Å². The lowest BCUT2D eigenvalue weighted by molar-refractivity contribution is -0.121.